The zero-order valence-corrected chi connectivity index (χ0v) is 12.4. The lowest BCUT2D eigenvalue weighted by molar-refractivity contribution is -0.314. The molecule has 3 rings (SSSR count). The zero-order valence-electron chi connectivity index (χ0n) is 12.4. The lowest BCUT2D eigenvalue weighted by Crippen LogP contribution is -2.68. The maximum absolute atomic E-state index is 13.5. The number of halogens is 6. The number of carboxylic acids is 1. The Morgan fingerprint density at radius 1 is 1.08 bits per heavy atom. The summed E-state index contributed by atoms with van der Waals surface area (Å²) in [5.41, 5.74) is -4.12. The molecule has 0 unspecified atom stereocenters. The third-order valence-corrected chi connectivity index (χ3v) is 5.37. The summed E-state index contributed by atoms with van der Waals surface area (Å²) in [6.45, 7) is -0.725. The number of carbonyl (C=O) groups is 2. The Balaban J connectivity index is 1.84. The topological polar surface area (TPSA) is 57.6 Å². The van der Waals surface area contributed by atoms with Crippen molar-refractivity contribution in [1.29, 1.82) is 0 Å². The molecule has 1 amide bonds. The Bertz CT molecular complexity index is 574. The number of rotatable bonds is 2. The van der Waals surface area contributed by atoms with Gasteiger partial charge < -0.3 is 10.0 Å². The quantitative estimate of drug-likeness (QED) is 0.772. The van der Waals surface area contributed by atoms with Gasteiger partial charge in [0.05, 0.1) is 6.54 Å². The predicted molar refractivity (Wildman–Crippen MR) is 67.0 cm³/mol. The van der Waals surface area contributed by atoms with Gasteiger partial charge in [0, 0.05) is 19.3 Å². The van der Waals surface area contributed by atoms with Crippen molar-refractivity contribution in [2.24, 2.45) is 10.8 Å². The van der Waals surface area contributed by atoms with Gasteiger partial charge >= 0.3 is 12.1 Å². The van der Waals surface area contributed by atoms with Crippen LogP contribution < -0.4 is 0 Å². The van der Waals surface area contributed by atoms with Crippen LogP contribution in [0.4, 0.5) is 26.3 Å². The van der Waals surface area contributed by atoms with Crippen LogP contribution in [0.2, 0.25) is 0 Å². The molecular weight excluding hydrogens is 344 g/mol. The molecule has 1 saturated heterocycles. The molecule has 2 aliphatic carbocycles. The number of carbonyl (C=O) groups excluding carboxylic acids is 1. The Labute approximate surface area is 132 Å². The van der Waals surface area contributed by atoms with Gasteiger partial charge in [0.1, 0.15) is 17.6 Å². The van der Waals surface area contributed by atoms with Crippen LogP contribution in [-0.2, 0) is 9.59 Å². The number of likely N-dealkylation sites (tertiary alicyclic amines) is 1. The molecule has 136 valence electrons. The molecule has 0 aromatic carbocycles. The largest absolute Gasteiger partial charge is 0.480 e. The van der Waals surface area contributed by atoms with Crippen molar-refractivity contribution >= 4 is 11.9 Å². The number of alkyl halides is 6. The van der Waals surface area contributed by atoms with E-state index in [2.05, 4.69) is 0 Å². The molecule has 1 aliphatic heterocycles. The Hall–Kier alpha value is -1.48. The highest BCUT2D eigenvalue weighted by Crippen LogP contribution is 2.72. The van der Waals surface area contributed by atoms with E-state index in [9.17, 15) is 35.9 Å². The summed E-state index contributed by atoms with van der Waals surface area (Å²) >= 11 is 0. The normalized spacial score (nSPS) is 33.0. The van der Waals surface area contributed by atoms with Gasteiger partial charge in [-0.05, 0) is 18.3 Å². The van der Waals surface area contributed by atoms with Crippen LogP contribution in [0, 0.1) is 10.8 Å². The second kappa shape index (κ2) is 4.78. The number of hydrogen-bond donors (Lipinski definition) is 1. The molecule has 1 heterocycles. The first kappa shape index (κ1) is 17.3. The van der Waals surface area contributed by atoms with Crippen molar-refractivity contribution in [3.05, 3.63) is 0 Å². The highest BCUT2D eigenvalue weighted by Gasteiger charge is 2.77. The zero-order chi connectivity index (χ0) is 18.1. The third-order valence-electron chi connectivity index (χ3n) is 5.37. The van der Waals surface area contributed by atoms with E-state index >= 15 is 0 Å². The summed E-state index contributed by atoms with van der Waals surface area (Å²) in [6.07, 6.45) is -10.3. The van der Waals surface area contributed by atoms with Crippen LogP contribution in [-0.4, -0.2) is 52.7 Å². The van der Waals surface area contributed by atoms with Gasteiger partial charge in [-0.2, -0.15) is 13.2 Å². The van der Waals surface area contributed by atoms with Gasteiger partial charge in [-0.25, -0.2) is 18.0 Å². The van der Waals surface area contributed by atoms with Crippen LogP contribution in [0.5, 0.6) is 0 Å². The molecule has 0 bridgehead atoms. The van der Waals surface area contributed by atoms with Crippen LogP contribution in [0.15, 0.2) is 0 Å². The minimum atomic E-state index is -5.00. The average molecular weight is 359 g/mol. The van der Waals surface area contributed by atoms with Crippen molar-refractivity contribution in [2.45, 2.75) is 56.4 Å². The maximum atomic E-state index is 13.5. The summed E-state index contributed by atoms with van der Waals surface area (Å²) in [5.74, 6) is -6.12. The predicted octanol–water partition coefficient (Wildman–Crippen LogP) is 2.77. The standard InChI is InChI=1S/C14H15F6NO3/c15-7-1-8(9(22)23)21(2-7)10(24)12(14(18,19)20)3-11(4-12)5-13(16,17)6-11/h7-8H,1-6H2,(H,22,23)/t7-,8+/m1/s1. The lowest BCUT2D eigenvalue weighted by atomic mass is 9.43. The summed E-state index contributed by atoms with van der Waals surface area (Å²) in [5, 5.41) is 9.00. The molecule has 4 nitrogen and oxygen atoms in total. The van der Waals surface area contributed by atoms with Gasteiger partial charge in [0.15, 0.2) is 0 Å². The summed E-state index contributed by atoms with van der Waals surface area (Å²) in [7, 11) is 0. The molecule has 0 aromatic rings. The molecular formula is C14H15F6NO3. The Morgan fingerprint density at radius 2 is 1.62 bits per heavy atom. The summed E-state index contributed by atoms with van der Waals surface area (Å²) in [4.78, 5) is 23.9. The van der Waals surface area contributed by atoms with Crippen molar-refractivity contribution in [2.75, 3.05) is 6.54 Å². The lowest BCUT2D eigenvalue weighted by Gasteiger charge is -2.62. The fraction of sp³-hybridized carbons (Fsp3) is 0.857. The third kappa shape index (κ3) is 2.36. The smallest absolute Gasteiger partial charge is 0.403 e. The first-order chi connectivity index (χ1) is 10.8. The number of aliphatic carboxylic acids is 1. The monoisotopic (exact) mass is 359 g/mol. The molecule has 0 aromatic heterocycles. The van der Waals surface area contributed by atoms with Crippen molar-refractivity contribution < 1.29 is 41.0 Å². The molecule has 1 N–H and O–H groups in total. The van der Waals surface area contributed by atoms with Gasteiger partial charge in [-0.1, -0.05) is 0 Å². The number of hydrogen-bond acceptors (Lipinski definition) is 2. The first-order valence-electron chi connectivity index (χ1n) is 7.43. The van der Waals surface area contributed by atoms with Crippen LogP contribution in [0.3, 0.4) is 0 Å². The summed E-state index contributed by atoms with van der Waals surface area (Å²) < 4.78 is 80.0. The summed E-state index contributed by atoms with van der Waals surface area (Å²) in [6, 6.07) is -1.66. The Kier molecular flexibility index (Phi) is 3.46. The molecule has 2 atom stereocenters. The first-order valence-corrected chi connectivity index (χ1v) is 7.43. The van der Waals surface area contributed by atoms with Crippen molar-refractivity contribution in [3.63, 3.8) is 0 Å². The van der Waals surface area contributed by atoms with E-state index < -0.39 is 85.7 Å². The molecule has 3 fully saturated rings. The van der Waals surface area contributed by atoms with Crippen molar-refractivity contribution in [1.82, 2.24) is 4.90 Å². The van der Waals surface area contributed by atoms with Gasteiger partial charge in [0.2, 0.25) is 11.8 Å². The minimum absolute atomic E-state index is 0.407. The highest BCUT2D eigenvalue weighted by molar-refractivity contribution is 5.90. The molecule has 10 heteroatoms. The molecule has 1 spiro atoms. The maximum Gasteiger partial charge on any atom is 0.403 e. The van der Waals surface area contributed by atoms with Crippen LogP contribution in [0.1, 0.15) is 32.1 Å². The van der Waals surface area contributed by atoms with Crippen LogP contribution >= 0.6 is 0 Å². The SMILES string of the molecule is O=C(O)[C@@H]1C[C@@H](F)CN1C(=O)C1(C(F)(F)F)CC2(CC(F)(F)C2)C1. The van der Waals surface area contributed by atoms with E-state index in [1.807, 2.05) is 0 Å². The van der Waals surface area contributed by atoms with E-state index in [0.29, 0.717) is 4.90 Å². The molecule has 2 saturated carbocycles. The highest BCUT2D eigenvalue weighted by atomic mass is 19.4. The second-order valence-electron chi connectivity index (χ2n) is 7.29. The fourth-order valence-corrected chi connectivity index (χ4v) is 4.52. The number of amides is 1. The van der Waals surface area contributed by atoms with Crippen LogP contribution in [0.25, 0.3) is 0 Å². The molecule has 24 heavy (non-hydrogen) atoms. The van der Waals surface area contributed by atoms with Gasteiger partial charge in [-0.15, -0.1) is 0 Å². The van der Waals surface area contributed by atoms with Gasteiger partial charge in [0.25, 0.3) is 0 Å². The van der Waals surface area contributed by atoms with E-state index in [4.69, 9.17) is 5.11 Å². The average Bonchev–Trinajstić information content (AvgIpc) is 2.72. The fourth-order valence-electron chi connectivity index (χ4n) is 4.52. The molecule has 0 radical (unpaired) electrons. The van der Waals surface area contributed by atoms with E-state index in [0.717, 1.165) is 0 Å². The van der Waals surface area contributed by atoms with Crippen molar-refractivity contribution in [3.8, 4) is 0 Å². The van der Waals surface area contributed by atoms with E-state index in [1.165, 1.54) is 0 Å². The Morgan fingerprint density at radius 3 is 2.04 bits per heavy atom. The van der Waals surface area contributed by atoms with E-state index in [1.54, 1.807) is 0 Å². The number of nitrogens with zero attached hydrogens (tertiary/aromatic N) is 1. The van der Waals surface area contributed by atoms with E-state index in [-0.39, 0.29) is 0 Å². The number of carboxylic acid groups (broad SMARTS) is 1. The minimum Gasteiger partial charge on any atom is -0.480 e. The van der Waals surface area contributed by atoms with Gasteiger partial charge in [-0.3, -0.25) is 4.79 Å². The molecule has 3 aliphatic rings. The second-order valence-corrected chi connectivity index (χ2v) is 7.29.